The molecule has 0 radical (unpaired) electrons. The molecule has 0 unspecified atom stereocenters. The monoisotopic (exact) mass is 702 g/mol. The van der Waals surface area contributed by atoms with Gasteiger partial charge < -0.3 is 26.6 Å². The van der Waals surface area contributed by atoms with E-state index in [2.05, 4.69) is 82.1 Å². The van der Waals surface area contributed by atoms with Crippen LogP contribution in [0.3, 0.4) is 0 Å². The summed E-state index contributed by atoms with van der Waals surface area (Å²) in [6, 6.07) is 20.1. The van der Waals surface area contributed by atoms with Crippen LogP contribution >= 0.6 is 22.7 Å². The smallest absolute Gasteiger partial charge is 0.188 e. The highest BCUT2D eigenvalue weighted by atomic mass is 32.1. The third kappa shape index (κ3) is 6.76. The number of hydrogen-bond acceptors (Lipinski definition) is 7. The van der Waals surface area contributed by atoms with Crippen molar-refractivity contribution in [2.75, 3.05) is 12.4 Å². The van der Waals surface area contributed by atoms with Crippen molar-refractivity contribution in [3.05, 3.63) is 98.1 Å². The molecule has 3 aliphatic rings. The topological polar surface area (TPSA) is 120 Å². The molecule has 1 aliphatic heterocycles. The molecule has 1 saturated carbocycles. The highest BCUT2D eigenvalue weighted by Gasteiger charge is 2.44. The summed E-state index contributed by atoms with van der Waals surface area (Å²) in [5.41, 5.74) is 8.79. The molecule has 256 valence electrons. The van der Waals surface area contributed by atoms with Gasteiger partial charge in [0.2, 0.25) is 0 Å². The Kier molecular flexibility index (Phi) is 9.69. The number of Topliss-reactive ketones (excluding diaryl/α,β-unsaturated/α-hetero) is 1. The first-order chi connectivity index (χ1) is 24.2. The van der Waals surface area contributed by atoms with E-state index in [4.69, 9.17) is 5.73 Å². The van der Waals surface area contributed by atoms with Gasteiger partial charge in [0.05, 0.1) is 21.9 Å². The Labute approximate surface area is 301 Å². The highest BCUT2D eigenvalue weighted by Crippen LogP contribution is 2.46. The molecule has 0 amide bonds. The molecule has 2 aliphatic carbocycles. The fourth-order valence-corrected chi connectivity index (χ4v) is 9.87. The molecule has 2 aromatic heterocycles. The van der Waals surface area contributed by atoms with Gasteiger partial charge in [-0.2, -0.15) is 0 Å². The fourth-order valence-electron chi connectivity index (χ4n) is 7.86. The van der Waals surface area contributed by atoms with Crippen LogP contribution in [0.5, 0.6) is 5.75 Å². The summed E-state index contributed by atoms with van der Waals surface area (Å²) >= 11 is 3.23. The number of phenolic OH excluding ortho intramolecular Hbond substituents is 1. The van der Waals surface area contributed by atoms with Crippen LogP contribution in [-0.4, -0.2) is 47.2 Å². The molecule has 3 heterocycles. The predicted molar refractivity (Wildman–Crippen MR) is 207 cm³/mol. The van der Waals surface area contributed by atoms with Crippen molar-refractivity contribution in [3.8, 4) is 27.3 Å². The average Bonchev–Trinajstić information content (AvgIpc) is 3.80. The molecule has 9 heteroatoms. The van der Waals surface area contributed by atoms with Crippen LogP contribution in [0.15, 0.2) is 71.7 Å². The number of ketones is 1. The number of carbonyl (C=O) groups is 1. The Morgan fingerprint density at radius 3 is 2.54 bits per heavy atom. The van der Waals surface area contributed by atoms with Crippen LogP contribution in [0.2, 0.25) is 0 Å². The Hall–Kier alpha value is -4.62. The first-order valence-corrected chi connectivity index (χ1v) is 18.8. The molecule has 7 nitrogen and oxygen atoms in total. The van der Waals surface area contributed by atoms with Crippen molar-refractivity contribution in [2.45, 2.75) is 51.3 Å². The Morgan fingerprint density at radius 2 is 1.80 bits per heavy atom. The number of hydrogen-bond donors (Lipinski definition) is 5. The van der Waals surface area contributed by atoms with E-state index in [1.807, 2.05) is 37.3 Å². The lowest BCUT2D eigenvalue weighted by Crippen LogP contribution is -2.52. The number of aliphatic imine (C=N–C) groups is 1. The summed E-state index contributed by atoms with van der Waals surface area (Å²) < 4.78 is 0. The van der Waals surface area contributed by atoms with Crippen LogP contribution in [-0.2, 0) is 6.42 Å². The maximum absolute atomic E-state index is 14.4. The summed E-state index contributed by atoms with van der Waals surface area (Å²) in [7, 11) is 1.68. The number of nitrogens with two attached hydrogens (primary N) is 1. The van der Waals surface area contributed by atoms with E-state index in [0.717, 1.165) is 48.8 Å². The summed E-state index contributed by atoms with van der Waals surface area (Å²) in [6.45, 7) is 3.59. The number of carbonyl (C=O) groups excluding carboxylic acids is 1. The number of nitrogens with one attached hydrogen (secondary N) is 2. The maximum atomic E-state index is 14.4. The molecular weight excluding hydrogens is 661 g/mol. The lowest BCUT2D eigenvalue weighted by Gasteiger charge is -2.44. The third-order valence-electron chi connectivity index (χ3n) is 10.3. The lowest BCUT2D eigenvalue weighted by molar-refractivity contribution is 0.0768. The first kappa shape index (κ1) is 33.9. The zero-order valence-corrected chi connectivity index (χ0v) is 30.0. The Morgan fingerprint density at radius 1 is 1.06 bits per heavy atom. The lowest BCUT2D eigenvalue weighted by atomic mass is 9.61. The fraction of sp³-hybridized carbons (Fsp3) is 0.317. The van der Waals surface area contributed by atoms with E-state index < -0.39 is 6.10 Å². The van der Waals surface area contributed by atoms with Gasteiger partial charge in [-0.1, -0.05) is 54.5 Å². The number of nitrogens with zero attached hydrogens (tertiary/aromatic N) is 1. The van der Waals surface area contributed by atoms with Crippen LogP contribution in [0.4, 0.5) is 5.69 Å². The van der Waals surface area contributed by atoms with Gasteiger partial charge in [-0.3, -0.25) is 9.79 Å². The Balaban J connectivity index is 1.21. The summed E-state index contributed by atoms with van der Waals surface area (Å²) in [6.07, 6.45) is 10.0. The molecule has 6 N–H and O–H groups in total. The van der Waals surface area contributed by atoms with E-state index in [-0.39, 0.29) is 47.3 Å². The number of anilines is 1. The zero-order valence-electron chi connectivity index (χ0n) is 28.4. The third-order valence-corrected chi connectivity index (χ3v) is 12.6. The maximum Gasteiger partial charge on any atom is 0.188 e. The number of benzene rings is 2. The van der Waals surface area contributed by atoms with Crippen molar-refractivity contribution in [1.82, 2.24) is 5.32 Å². The standard InChI is InChI=1S/C41H42N4O3S2/c1-4-7-27-10-15-37(49-27)38-16-17-39(50-38)40(48)29-12-11-28(31-21-25-8-5-6-9-26(25)22-32(29)31)34(45-41(42)43-3)18-24-19-35-30(36(47)20-24)13-14-33(44-35)23(2)46/h5-6,8-10,13-17,19-23,28-29,31-34,44,46-47H,11-12,18H2,1-3H3,(H3,42,43,45)/t23-,28+,29+,31-,32-,33-,34+/m0/s1. The summed E-state index contributed by atoms with van der Waals surface area (Å²) in [4.78, 5) is 22.7. The van der Waals surface area contributed by atoms with Gasteiger partial charge in [0.25, 0.3) is 0 Å². The molecule has 0 spiro atoms. The minimum atomic E-state index is -0.582. The number of aliphatic hydroxyl groups excluding tert-OH is 1. The summed E-state index contributed by atoms with van der Waals surface area (Å²) in [5.74, 6) is 6.91. The van der Waals surface area contributed by atoms with Crippen molar-refractivity contribution >= 4 is 58.3 Å². The second kappa shape index (κ2) is 14.3. The molecule has 7 atom stereocenters. The molecule has 7 rings (SSSR count). The average molecular weight is 703 g/mol. The van der Waals surface area contributed by atoms with Gasteiger partial charge in [-0.05, 0) is 103 Å². The van der Waals surface area contributed by atoms with Crippen LogP contribution in [0, 0.1) is 35.5 Å². The zero-order chi connectivity index (χ0) is 34.9. The molecule has 0 saturated heterocycles. The van der Waals surface area contributed by atoms with E-state index in [0.29, 0.717) is 17.9 Å². The van der Waals surface area contributed by atoms with Crippen molar-refractivity contribution in [1.29, 1.82) is 0 Å². The molecule has 4 aromatic rings. The Bertz CT molecular complexity index is 2170. The predicted octanol–water partition coefficient (Wildman–Crippen LogP) is 5.60. The van der Waals surface area contributed by atoms with Crippen LogP contribution in [0.25, 0.3) is 28.0 Å². The number of aliphatic hydroxyl groups is 1. The normalized spacial score (nSPS) is 23.4. The van der Waals surface area contributed by atoms with Crippen molar-refractivity contribution in [2.24, 2.45) is 34.4 Å². The molecule has 2 aromatic carbocycles. The van der Waals surface area contributed by atoms with E-state index in [1.54, 1.807) is 36.6 Å². The van der Waals surface area contributed by atoms with Gasteiger partial charge >= 0.3 is 0 Å². The van der Waals surface area contributed by atoms with E-state index in [9.17, 15) is 15.0 Å². The number of guanidine groups is 1. The quantitative estimate of drug-likeness (QED) is 0.0706. The minimum absolute atomic E-state index is 0.00879. The largest absolute Gasteiger partial charge is 0.507 e. The second-order valence-corrected chi connectivity index (χ2v) is 15.6. The molecule has 0 bridgehead atoms. The van der Waals surface area contributed by atoms with E-state index >= 15 is 0 Å². The number of fused-ring (bicyclic) bond motifs is 3. The molecule has 1 fully saturated rings. The number of aromatic hydroxyl groups is 1. The minimum Gasteiger partial charge on any atom is -0.507 e. The summed E-state index contributed by atoms with van der Waals surface area (Å²) in [5, 5.41) is 30.5. The van der Waals surface area contributed by atoms with Gasteiger partial charge in [0.15, 0.2) is 11.7 Å². The van der Waals surface area contributed by atoms with Gasteiger partial charge in [0.1, 0.15) is 5.75 Å². The van der Waals surface area contributed by atoms with Gasteiger partial charge in [-0.15, -0.1) is 28.6 Å². The van der Waals surface area contributed by atoms with Gasteiger partial charge in [0, 0.05) is 40.0 Å². The highest BCUT2D eigenvalue weighted by molar-refractivity contribution is 7.23. The first-order valence-electron chi connectivity index (χ1n) is 17.2. The van der Waals surface area contributed by atoms with Crippen LogP contribution < -0.4 is 26.8 Å². The molecule has 50 heavy (non-hydrogen) atoms. The SMILES string of the molecule is CC#Cc1ccc(-c2ccc(C(=O)[C@@H]3CC[C@@H]([C@@H](Cc4cc(O)c5c(c4)N[C@H]([C@H](C)O)C=C5)NC(N)=NC)[C@@H]4C=c5ccccc5=C[C@H]43)s2)s1. The van der Waals surface area contributed by atoms with Gasteiger partial charge in [-0.25, -0.2) is 0 Å². The molecular formula is C41H42N4O3S2. The number of phenols is 1. The number of rotatable bonds is 8. The van der Waals surface area contributed by atoms with E-state index in [1.165, 1.54) is 5.22 Å². The van der Waals surface area contributed by atoms with Crippen molar-refractivity contribution in [3.63, 3.8) is 0 Å². The second-order valence-electron chi connectivity index (χ2n) is 13.4. The number of thiophene rings is 2. The van der Waals surface area contributed by atoms with Crippen molar-refractivity contribution < 1.29 is 15.0 Å². The van der Waals surface area contributed by atoms with Crippen LogP contribution in [0.1, 0.15) is 52.4 Å².